The zero-order valence-corrected chi connectivity index (χ0v) is 9.62. The molecule has 2 rings (SSSR count). The molecule has 2 saturated heterocycles. The third-order valence-electron chi connectivity index (χ3n) is 2.84. The van der Waals surface area contributed by atoms with E-state index in [-0.39, 0.29) is 25.5 Å². The van der Waals surface area contributed by atoms with Crippen LogP contribution in [-0.2, 0) is 9.53 Å². The number of rotatable bonds is 0. The van der Waals surface area contributed by atoms with E-state index in [2.05, 4.69) is 6.92 Å². The minimum absolute atomic E-state index is 0. The molecular formula is C11H23NO2. The maximum absolute atomic E-state index is 11.7. The van der Waals surface area contributed by atoms with Crippen molar-refractivity contribution in [2.45, 2.75) is 52.8 Å². The van der Waals surface area contributed by atoms with E-state index in [1.165, 1.54) is 0 Å². The Labute approximate surface area is 87.9 Å². The molecule has 0 saturated carbocycles. The highest BCUT2D eigenvalue weighted by molar-refractivity contribution is 5.80. The summed E-state index contributed by atoms with van der Waals surface area (Å²) in [5.74, 6) is 0.474. The Morgan fingerprint density at radius 2 is 2.00 bits per heavy atom. The highest BCUT2D eigenvalue weighted by Gasteiger charge is 2.40. The number of fused-ring (bicyclic) bond motifs is 1. The van der Waals surface area contributed by atoms with Crippen LogP contribution in [0, 0.1) is 5.92 Å². The van der Waals surface area contributed by atoms with Gasteiger partial charge < -0.3 is 9.64 Å². The van der Waals surface area contributed by atoms with Crippen molar-refractivity contribution in [3.8, 4) is 0 Å². The van der Waals surface area contributed by atoms with Gasteiger partial charge in [-0.25, -0.2) is 0 Å². The van der Waals surface area contributed by atoms with Crippen LogP contribution in [0.5, 0.6) is 0 Å². The van der Waals surface area contributed by atoms with Crippen LogP contribution in [0.25, 0.3) is 0 Å². The van der Waals surface area contributed by atoms with E-state index in [4.69, 9.17) is 4.74 Å². The van der Waals surface area contributed by atoms with Crippen LogP contribution in [-0.4, -0.2) is 29.7 Å². The predicted octanol–water partition coefficient (Wildman–Crippen LogP) is 2.26. The molecule has 0 spiro atoms. The van der Waals surface area contributed by atoms with Crippen molar-refractivity contribution in [1.82, 2.24) is 4.90 Å². The van der Waals surface area contributed by atoms with Gasteiger partial charge in [-0.3, -0.25) is 4.79 Å². The molecule has 0 aromatic rings. The molecule has 2 aliphatic rings. The van der Waals surface area contributed by atoms with E-state index < -0.39 is 0 Å². The summed E-state index contributed by atoms with van der Waals surface area (Å²) in [5.41, 5.74) is 0. The van der Waals surface area contributed by atoms with E-state index in [9.17, 15) is 4.79 Å². The van der Waals surface area contributed by atoms with Gasteiger partial charge in [-0.2, -0.15) is 0 Å². The normalized spacial score (nSPS) is 36.1. The minimum atomic E-state index is 0. The standard InChI is InChI=1S/C9H15NO2.C2H6.H2/c1-6-3-4-8-10(9(6)11)7(2)5-12-8;1-2;/h6-8H,3-5H2,1-2H3;1-2H3;1H/t6-,7+,8?;;/m0../s1. The van der Waals surface area contributed by atoms with Gasteiger partial charge in [0.25, 0.3) is 0 Å². The van der Waals surface area contributed by atoms with Crippen LogP contribution in [0.3, 0.4) is 0 Å². The molecule has 2 fully saturated rings. The molecule has 1 amide bonds. The summed E-state index contributed by atoms with van der Waals surface area (Å²) in [6.45, 7) is 8.77. The number of hydrogen-bond donors (Lipinski definition) is 0. The second kappa shape index (κ2) is 4.78. The van der Waals surface area contributed by atoms with Crippen LogP contribution >= 0.6 is 0 Å². The van der Waals surface area contributed by atoms with Gasteiger partial charge in [-0.05, 0) is 19.8 Å². The Kier molecular flexibility index (Phi) is 3.93. The van der Waals surface area contributed by atoms with Gasteiger partial charge in [0.2, 0.25) is 5.91 Å². The zero-order valence-electron chi connectivity index (χ0n) is 9.62. The molecule has 3 nitrogen and oxygen atoms in total. The lowest BCUT2D eigenvalue weighted by atomic mass is 9.97. The average molecular weight is 201 g/mol. The zero-order chi connectivity index (χ0) is 10.7. The largest absolute Gasteiger partial charge is 0.356 e. The Morgan fingerprint density at radius 1 is 1.36 bits per heavy atom. The van der Waals surface area contributed by atoms with E-state index in [1.54, 1.807) is 0 Å². The summed E-state index contributed by atoms with van der Waals surface area (Å²) >= 11 is 0. The van der Waals surface area contributed by atoms with Crippen molar-refractivity contribution in [3.05, 3.63) is 0 Å². The summed E-state index contributed by atoms with van der Waals surface area (Å²) < 4.78 is 5.49. The summed E-state index contributed by atoms with van der Waals surface area (Å²) in [7, 11) is 0. The van der Waals surface area contributed by atoms with Gasteiger partial charge in [0, 0.05) is 7.34 Å². The lowest BCUT2D eigenvalue weighted by molar-refractivity contribution is -0.146. The topological polar surface area (TPSA) is 29.5 Å². The van der Waals surface area contributed by atoms with Gasteiger partial charge in [0.1, 0.15) is 6.23 Å². The van der Waals surface area contributed by atoms with Crippen molar-refractivity contribution in [2.24, 2.45) is 5.92 Å². The van der Waals surface area contributed by atoms with E-state index in [0.29, 0.717) is 6.61 Å². The first-order valence-electron chi connectivity index (χ1n) is 5.64. The summed E-state index contributed by atoms with van der Waals surface area (Å²) in [6.07, 6.45) is 2.08. The maximum atomic E-state index is 11.7. The highest BCUT2D eigenvalue weighted by Crippen LogP contribution is 2.29. The minimum Gasteiger partial charge on any atom is -0.356 e. The fourth-order valence-electron chi connectivity index (χ4n) is 2.05. The van der Waals surface area contributed by atoms with Crippen molar-refractivity contribution >= 4 is 5.91 Å². The molecule has 3 heteroatoms. The van der Waals surface area contributed by atoms with Gasteiger partial charge >= 0.3 is 0 Å². The van der Waals surface area contributed by atoms with Crippen molar-refractivity contribution < 1.29 is 11.0 Å². The molecule has 14 heavy (non-hydrogen) atoms. The molecule has 84 valence electrons. The van der Waals surface area contributed by atoms with Crippen LogP contribution in [0.4, 0.5) is 0 Å². The molecule has 0 aromatic heterocycles. The smallest absolute Gasteiger partial charge is 0.227 e. The second-order valence-electron chi connectivity index (χ2n) is 3.86. The van der Waals surface area contributed by atoms with Gasteiger partial charge in [-0.15, -0.1) is 0 Å². The molecule has 0 aromatic carbocycles. The van der Waals surface area contributed by atoms with Crippen LogP contribution < -0.4 is 0 Å². The van der Waals surface area contributed by atoms with Crippen molar-refractivity contribution in [1.29, 1.82) is 0 Å². The molecule has 2 aliphatic heterocycles. The Balaban J connectivity index is 0.000000617. The van der Waals surface area contributed by atoms with Crippen LogP contribution in [0.15, 0.2) is 0 Å². The number of carbonyl (C=O) groups is 1. The lowest BCUT2D eigenvalue weighted by Gasteiger charge is -2.33. The number of nitrogens with zero attached hydrogens (tertiary/aromatic N) is 1. The van der Waals surface area contributed by atoms with Gasteiger partial charge in [-0.1, -0.05) is 20.8 Å². The Bertz CT molecular complexity index is 211. The summed E-state index contributed by atoms with van der Waals surface area (Å²) in [4.78, 5) is 13.6. The molecule has 0 radical (unpaired) electrons. The van der Waals surface area contributed by atoms with Crippen LogP contribution in [0.2, 0.25) is 0 Å². The fraction of sp³-hybridized carbons (Fsp3) is 0.909. The summed E-state index contributed by atoms with van der Waals surface area (Å²) in [6, 6.07) is 0.283. The molecule has 3 atom stereocenters. The monoisotopic (exact) mass is 201 g/mol. The number of ether oxygens (including phenoxy) is 1. The first kappa shape index (κ1) is 11.5. The molecule has 0 aliphatic carbocycles. The second-order valence-corrected chi connectivity index (χ2v) is 3.86. The van der Waals surface area contributed by atoms with Gasteiger partial charge in [0.15, 0.2) is 0 Å². The van der Waals surface area contributed by atoms with E-state index in [1.807, 2.05) is 25.7 Å². The first-order chi connectivity index (χ1) is 6.70. The number of amides is 1. The maximum Gasteiger partial charge on any atom is 0.227 e. The number of hydrogen-bond acceptors (Lipinski definition) is 2. The highest BCUT2D eigenvalue weighted by atomic mass is 16.5. The Hall–Kier alpha value is -0.570. The molecule has 1 unspecified atom stereocenters. The third-order valence-corrected chi connectivity index (χ3v) is 2.84. The fourth-order valence-corrected chi connectivity index (χ4v) is 2.05. The summed E-state index contributed by atoms with van der Waals surface area (Å²) in [5, 5.41) is 0. The molecule has 2 heterocycles. The van der Waals surface area contributed by atoms with Crippen molar-refractivity contribution in [2.75, 3.05) is 6.61 Å². The molecule has 0 N–H and O–H groups in total. The third kappa shape index (κ3) is 1.92. The quantitative estimate of drug-likeness (QED) is 0.601. The SMILES string of the molecule is CC.C[C@@H]1COC2CC[C@H](C)C(=O)N21.[HH]. The Morgan fingerprint density at radius 3 is 2.64 bits per heavy atom. The average Bonchev–Trinajstić information content (AvgIpc) is 2.58. The number of piperidine rings is 1. The molecular weight excluding hydrogens is 178 g/mol. The van der Waals surface area contributed by atoms with Gasteiger partial charge in [0.05, 0.1) is 12.6 Å². The van der Waals surface area contributed by atoms with Crippen molar-refractivity contribution in [3.63, 3.8) is 0 Å². The number of carbonyl (C=O) groups excluding carboxylic acids is 1. The van der Waals surface area contributed by atoms with E-state index >= 15 is 0 Å². The predicted molar refractivity (Wildman–Crippen MR) is 57.9 cm³/mol. The van der Waals surface area contributed by atoms with E-state index in [0.717, 1.165) is 12.8 Å². The van der Waals surface area contributed by atoms with Crippen LogP contribution in [0.1, 0.15) is 42.0 Å². The lowest BCUT2D eigenvalue weighted by Crippen LogP contribution is -2.47. The first-order valence-corrected chi connectivity index (χ1v) is 5.64. The molecule has 0 bridgehead atoms.